The van der Waals surface area contributed by atoms with Crippen molar-refractivity contribution in [2.24, 2.45) is 11.7 Å². The maximum absolute atomic E-state index is 6.18. The zero-order valence-corrected chi connectivity index (χ0v) is 16.0. The van der Waals surface area contributed by atoms with Crippen LogP contribution in [0.15, 0.2) is 0 Å². The predicted molar refractivity (Wildman–Crippen MR) is 93.1 cm³/mol. The zero-order chi connectivity index (χ0) is 16.5. The van der Waals surface area contributed by atoms with Crippen molar-refractivity contribution in [1.82, 2.24) is 5.32 Å². The van der Waals surface area contributed by atoms with E-state index in [-0.39, 0.29) is 5.22 Å². The van der Waals surface area contributed by atoms with Crippen LogP contribution in [0.1, 0.15) is 45.4 Å². The summed E-state index contributed by atoms with van der Waals surface area (Å²) in [6.07, 6.45) is 6.83. The fourth-order valence-corrected chi connectivity index (χ4v) is 8.45. The third-order valence-electron chi connectivity index (χ3n) is 5.24. The number of nitrogens with one attached hydrogen (secondary N) is 1. The summed E-state index contributed by atoms with van der Waals surface area (Å²) < 4.78 is 18.2. The van der Waals surface area contributed by atoms with Crippen molar-refractivity contribution in [3.8, 4) is 0 Å². The van der Waals surface area contributed by atoms with Crippen molar-refractivity contribution in [3.63, 3.8) is 0 Å². The molecule has 0 aromatic heterocycles. The van der Waals surface area contributed by atoms with Gasteiger partial charge in [-0.05, 0) is 44.2 Å². The lowest BCUT2D eigenvalue weighted by atomic mass is 9.88. The maximum Gasteiger partial charge on any atom is 0.371 e. The van der Waals surface area contributed by atoms with Gasteiger partial charge >= 0.3 is 8.56 Å². The molecule has 0 aromatic carbocycles. The van der Waals surface area contributed by atoms with Gasteiger partial charge in [-0.15, -0.1) is 0 Å². The second-order valence-corrected chi connectivity index (χ2v) is 9.94. The van der Waals surface area contributed by atoms with E-state index in [2.05, 4.69) is 12.2 Å². The summed E-state index contributed by atoms with van der Waals surface area (Å²) in [6, 6.07) is 1.04. The molecule has 0 saturated carbocycles. The van der Waals surface area contributed by atoms with E-state index in [9.17, 15) is 0 Å². The SMILES string of the molecule is CCCC1(OC)C(CCCNCCN)CCC[Si]1(OC)OC. The first kappa shape index (κ1) is 20.1. The zero-order valence-electron chi connectivity index (χ0n) is 15.0. The Morgan fingerprint density at radius 2 is 1.95 bits per heavy atom. The maximum atomic E-state index is 6.18. The summed E-state index contributed by atoms with van der Waals surface area (Å²) in [6.45, 7) is 4.84. The summed E-state index contributed by atoms with van der Waals surface area (Å²) in [5.74, 6) is 0.525. The van der Waals surface area contributed by atoms with Crippen molar-refractivity contribution in [2.45, 2.75) is 56.7 Å². The third kappa shape index (κ3) is 4.10. The van der Waals surface area contributed by atoms with E-state index in [0.29, 0.717) is 12.5 Å². The molecule has 0 bridgehead atoms. The molecule has 1 rings (SSSR count). The number of hydrogen-bond acceptors (Lipinski definition) is 5. The molecule has 1 aliphatic heterocycles. The molecule has 1 saturated heterocycles. The molecular formula is C16H36N2O3Si. The summed E-state index contributed by atoms with van der Waals surface area (Å²) in [4.78, 5) is 0. The first-order valence-corrected chi connectivity index (χ1v) is 10.7. The number of ether oxygens (including phenoxy) is 1. The van der Waals surface area contributed by atoms with Crippen LogP contribution in [0.5, 0.6) is 0 Å². The molecule has 0 aliphatic carbocycles. The molecule has 1 aliphatic rings. The minimum atomic E-state index is -2.33. The van der Waals surface area contributed by atoms with Gasteiger partial charge in [0.2, 0.25) is 0 Å². The van der Waals surface area contributed by atoms with Crippen molar-refractivity contribution in [2.75, 3.05) is 41.0 Å². The molecule has 1 heterocycles. The largest absolute Gasteiger partial charge is 0.396 e. The molecule has 2 unspecified atom stereocenters. The van der Waals surface area contributed by atoms with Crippen LogP contribution in [-0.2, 0) is 13.6 Å². The predicted octanol–water partition coefficient (Wildman–Crippen LogP) is 2.18. The topological polar surface area (TPSA) is 65.7 Å². The lowest BCUT2D eigenvalue weighted by molar-refractivity contribution is -0.0565. The lowest BCUT2D eigenvalue weighted by Crippen LogP contribution is -2.68. The van der Waals surface area contributed by atoms with E-state index in [0.717, 1.165) is 44.8 Å². The van der Waals surface area contributed by atoms with Crippen molar-refractivity contribution in [1.29, 1.82) is 0 Å². The second-order valence-electron chi connectivity index (χ2n) is 6.27. The van der Waals surface area contributed by atoms with Crippen LogP contribution in [0, 0.1) is 5.92 Å². The number of nitrogens with two attached hydrogens (primary N) is 1. The molecule has 3 N–H and O–H groups in total. The van der Waals surface area contributed by atoms with E-state index in [1.54, 1.807) is 0 Å². The van der Waals surface area contributed by atoms with Crippen LogP contribution < -0.4 is 11.1 Å². The van der Waals surface area contributed by atoms with Gasteiger partial charge in [-0.1, -0.05) is 19.8 Å². The Hall–Kier alpha value is 0.0169. The highest BCUT2D eigenvalue weighted by Crippen LogP contribution is 2.48. The minimum absolute atomic E-state index is 0.211. The highest BCUT2D eigenvalue weighted by molar-refractivity contribution is 6.70. The Morgan fingerprint density at radius 3 is 2.50 bits per heavy atom. The standard InChI is InChI=1S/C16H36N2O3Si/c1-5-10-16(19-2)15(8-6-12-18-13-11-17)9-7-14-22(16,20-3)21-4/h15,18H,5-14,17H2,1-4H3. The highest BCUT2D eigenvalue weighted by Gasteiger charge is 2.62. The Balaban J connectivity index is 2.82. The normalized spacial score (nSPS) is 28.0. The van der Waals surface area contributed by atoms with E-state index < -0.39 is 8.56 Å². The molecule has 5 nitrogen and oxygen atoms in total. The smallest absolute Gasteiger partial charge is 0.371 e. The molecule has 2 atom stereocenters. The fraction of sp³-hybridized carbons (Fsp3) is 1.00. The van der Waals surface area contributed by atoms with E-state index in [1.165, 1.54) is 12.8 Å². The van der Waals surface area contributed by atoms with Gasteiger partial charge in [-0.25, -0.2) is 0 Å². The lowest BCUT2D eigenvalue weighted by Gasteiger charge is -2.52. The van der Waals surface area contributed by atoms with Gasteiger partial charge in [0.05, 0.1) is 0 Å². The Kier molecular flexibility index (Phi) is 9.12. The van der Waals surface area contributed by atoms with Gasteiger partial charge in [0.15, 0.2) is 0 Å². The van der Waals surface area contributed by atoms with Crippen LogP contribution >= 0.6 is 0 Å². The van der Waals surface area contributed by atoms with Gasteiger partial charge in [0.25, 0.3) is 0 Å². The summed E-state index contributed by atoms with van der Waals surface area (Å²) in [7, 11) is 3.14. The average molecular weight is 333 g/mol. The van der Waals surface area contributed by atoms with E-state index in [4.69, 9.17) is 19.3 Å². The van der Waals surface area contributed by atoms with Gasteiger partial charge in [-0.3, -0.25) is 0 Å². The highest BCUT2D eigenvalue weighted by atomic mass is 28.4. The summed E-state index contributed by atoms with van der Waals surface area (Å²) in [5, 5.41) is 3.17. The van der Waals surface area contributed by atoms with E-state index >= 15 is 0 Å². The Bertz CT molecular complexity index is 303. The van der Waals surface area contributed by atoms with Gasteiger partial charge < -0.3 is 24.6 Å². The summed E-state index contributed by atoms with van der Waals surface area (Å²) >= 11 is 0. The van der Waals surface area contributed by atoms with Crippen LogP contribution in [0.2, 0.25) is 6.04 Å². The average Bonchev–Trinajstić information content (AvgIpc) is 2.55. The minimum Gasteiger partial charge on any atom is -0.396 e. The third-order valence-corrected chi connectivity index (χ3v) is 9.72. The van der Waals surface area contributed by atoms with Crippen LogP contribution in [-0.4, -0.2) is 54.7 Å². The summed E-state index contributed by atoms with van der Waals surface area (Å²) in [5.41, 5.74) is 5.52. The number of hydrogen-bond donors (Lipinski definition) is 2. The van der Waals surface area contributed by atoms with E-state index in [1.807, 2.05) is 21.3 Å². The monoisotopic (exact) mass is 332 g/mol. The number of methoxy groups -OCH3 is 1. The first-order valence-electron chi connectivity index (χ1n) is 8.72. The van der Waals surface area contributed by atoms with Gasteiger partial charge in [0, 0.05) is 34.4 Å². The quantitative estimate of drug-likeness (QED) is 0.448. The second kappa shape index (κ2) is 10.0. The molecule has 1 fully saturated rings. The van der Waals surface area contributed by atoms with Crippen LogP contribution in [0.3, 0.4) is 0 Å². The van der Waals surface area contributed by atoms with Crippen LogP contribution in [0.4, 0.5) is 0 Å². The fourth-order valence-electron chi connectivity index (χ4n) is 4.24. The Morgan fingerprint density at radius 1 is 1.23 bits per heavy atom. The first-order chi connectivity index (χ1) is 10.7. The molecule has 0 aromatic rings. The Labute approximate surface area is 137 Å². The number of rotatable bonds is 11. The molecule has 0 amide bonds. The van der Waals surface area contributed by atoms with Crippen molar-refractivity contribution >= 4 is 8.56 Å². The molecule has 0 spiro atoms. The van der Waals surface area contributed by atoms with Gasteiger partial charge in [0.1, 0.15) is 5.22 Å². The molecule has 0 radical (unpaired) electrons. The van der Waals surface area contributed by atoms with Crippen molar-refractivity contribution < 1.29 is 13.6 Å². The molecule has 132 valence electrons. The van der Waals surface area contributed by atoms with Crippen LogP contribution in [0.25, 0.3) is 0 Å². The van der Waals surface area contributed by atoms with Crippen molar-refractivity contribution in [3.05, 3.63) is 0 Å². The molecule has 22 heavy (non-hydrogen) atoms. The van der Waals surface area contributed by atoms with Gasteiger partial charge in [-0.2, -0.15) is 0 Å². The molecule has 6 heteroatoms. The molecular weight excluding hydrogens is 296 g/mol.